The molecule has 4 nitrogen and oxygen atoms in total. The first-order chi connectivity index (χ1) is 9.02. The molecule has 1 fully saturated rings. The number of carboxylic acid groups (broad SMARTS) is 1. The SMILES string of the molecule is CC(Cc1ccc(Br)cc1)(C(=O)O)N1CCOCC1. The summed E-state index contributed by atoms with van der Waals surface area (Å²) in [5.41, 5.74) is 0.150. The van der Waals surface area contributed by atoms with Crippen molar-refractivity contribution in [2.45, 2.75) is 18.9 Å². The molecule has 1 aromatic rings. The molecule has 1 unspecified atom stereocenters. The summed E-state index contributed by atoms with van der Waals surface area (Å²) in [6.45, 7) is 4.33. The molecule has 0 saturated carbocycles. The topological polar surface area (TPSA) is 49.8 Å². The molecule has 0 aliphatic carbocycles. The van der Waals surface area contributed by atoms with Crippen LogP contribution in [0.5, 0.6) is 0 Å². The fourth-order valence-electron chi connectivity index (χ4n) is 2.38. The molecule has 2 rings (SSSR count). The molecular weight excluding hydrogens is 310 g/mol. The molecule has 19 heavy (non-hydrogen) atoms. The van der Waals surface area contributed by atoms with E-state index in [1.807, 2.05) is 29.2 Å². The van der Waals surface area contributed by atoms with E-state index in [1.54, 1.807) is 6.92 Å². The van der Waals surface area contributed by atoms with E-state index in [0.29, 0.717) is 32.7 Å². The quantitative estimate of drug-likeness (QED) is 0.920. The van der Waals surface area contributed by atoms with Crippen LogP contribution in [0.1, 0.15) is 12.5 Å². The van der Waals surface area contributed by atoms with Gasteiger partial charge in [0.15, 0.2) is 0 Å². The lowest BCUT2D eigenvalue weighted by atomic mass is 9.90. The van der Waals surface area contributed by atoms with Crippen LogP contribution in [0.15, 0.2) is 28.7 Å². The lowest BCUT2D eigenvalue weighted by Crippen LogP contribution is -2.57. The number of morpholine rings is 1. The second-order valence-electron chi connectivity index (χ2n) is 4.98. The average Bonchev–Trinajstić information content (AvgIpc) is 2.42. The summed E-state index contributed by atoms with van der Waals surface area (Å²) in [7, 11) is 0. The van der Waals surface area contributed by atoms with Crippen molar-refractivity contribution in [2.24, 2.45) is 0 Å². The van der Waals surface area contributed by atoms with Gasteiger partial charge >= 0.3 is 5.97 Å². The minimum atomic E-state index is -0.877. The summed E-state index contributed by atoms with van der Waals surface area (Å²) in [6.07, 6.45) is 0.496. The number of carboxylic acids is 1. The molecule has 1 heterocycles. The van der Waals surface area contributed by atoms with Gasteiger partial charge in [0.1, 0.15) is 5.54 Å². The lowest BCUT2D eigenvalue weighted by Gasteiger charge is -2.40. The highest BCUT2D eigenvalue weighted by atomic mass is 79.9. The Morgan fingerprint density at radius 1 is 1.37 bits per heavy atom. The first kappa shape index (κ1) is 14.5. The summed E-state index contributed by atoms with van der Waals surface area (Å²) in [4.78, 5) is 13.7. The van der Waals surface area contributed by atoms with Gasteiger partial charge in [-0.2, -0.15) is 0 Å². The summed E-state index contributed by atoms with van der Waals surface area (Å²) >= 11 is 3.39. The Labute approximate surface area is 121 Å². The van der Waals surface area contributed by atoms with Gasteiger partial charge in [-0.05, 0) is 24.6 Å². The van der Waals surface area contributed by atoms with Crippen LogP contribution in [-0.4, -0.2) is 47.8 Å². The summed E-state index contributed by atoms with van der Waals surface area (Å²) in [6, 6.07) is 7.81. The van der Waals surface area contributed by atoms with Gasteiger partial charge in [0, 0.05) is 24.0 Å². The Morgan fingerprint density at radius 3 is 2.47 bits per heavy atom. The maximum atomic E-state index is 11.7. The second kappa shape index (κ2) is 6.03. The predicted molar refractivity (Wildman–Crippen MR) is 76.3 cm³/mol. The van der Waals surface area contributed by atoms with Crippen molar-refractivity contribution >= 4 is 21.9 Å². The average molecular weight is 328 g/mol. The lowest BCUT2D eigenvalue weighted by molar-refractivity contribution is -0.153. The first-order valence-corrected chi connectivity index (χ1v) is 7.12. The van der Waals surface area contributed by atoms with Crippen molar-refractivity contribution in [3.05, 3.63) is 34.3 Å². The molecule has 1 aromatic carbocycles. The Kier molecular flexibility index (Phi) is 4.60. The Morgan fingerprint density at radius 2 is 1.95 bits per heavy atom. The van der Waals surface area contributed by atoms with Crippen molar-refractivity contribution in [1.82, 2.24) is 4.90 Å². The largest absolute Gasteiger partial charge is 0.480 e. The number of aliphatic carboxylic acids is 1. The molecule has 0 bridgehead atoms. The molecule has 0 spiro atoms. The number of carbonyl (C=O) groups is 1. The zero-order valence-corrected chi connectivity index (χ0v) is 12.5. The molecule has 1 saturated heterocycles. The van der Waals surface area contributed by atoms with E-state index >= 15 is 0 Å². The van der Waals surface area contributed by atoms with Crippen LogP contribution in [0.25, 0.3) is 0 Å². The number of halogens is 1. The minimum absolute atomic E-state index is 0.496. The van der Waals surface area contributed by atoms with Crippen LogP contribution < -0.4 is 0 Å². The van der Waals surface area contributed by atoms with Crippen LogP contribution >= 0.6 is 15.9 Å². The fourth-order valence-corrected chi connectivity index (χ4v) is 2.64. The van der Waals surface area contributed by atoms with Crippen LogP contribution in [0, 0.1) is 0 Å². The van der Waals surface area contributed by atoms with Crippen LogP contribution in [0.2, 0.25) is 0 Å². The monoisotopic (exact) mass is 327 g/mol. The van der Waals surface area contributed by atoms with E-state index in [1.165, 1.54) is 0 Å². The number of ether oxygens (including phenoxy) is 1. The van der Waals surface area contributed by atoms with Crippen LogP contribution in [-0.2, 0) is 16.0 Å². The van der Waals surface area contributed by atoms with E-state index in [0.717, 1.165) is 10.0 Å². The van der Waals surface area contributed by atoms with Crippen LogP contribution in [0.4, 0.5) is 0 Å². The first-order valence-electron chi connectivity index (χ1n) is 6.33. The fraction of sp³-hybridized carbons (Fsp3) is 0.500. The molecule has 104 valence electrons. The Balaban J connectivity index is 2.18. The summed E-state index contributed by atoms with van der Waals surface area (Å²) in [5, 5.41) is 9.61. The highest BCUT2D eigenvalue weighted by Crippen LogP contribution is 2.23. The normalized spacial score (nSPS) is 19.9. The number of hydrogen-bond donors (Lipinski definition) is 1. The molecule has 0 amide bonds. The van der Waals surface area contributed by atoms with E-state index in [9.17, 15) is 9.90 Å². The third kappa shape index (κ3) is 3.35. The molecule has 0 radical (unpaired) electrons. The van der Waals surface area contributed by atoms with Gasteiger partial charge < -0.3 is 9.84 Å². The maximum absolute atomic E-state index is 11.7. The summed E-state index contributed by atoms with van der Waals surface area (Å²) < 4.78 is 6.30. The Hall–Kier alpha value is -0.910. The van der Waals surface area contributed by atoms with Crippen molar-refractivity contribution < 1.29 is 14.6 Å². The summed E-state index contributed by atoms with van der Waals surface area (Å²) in [5.74, 6) is -0.780. The van der Waals surface area contributed by atoms with Crippen LogP contribution in [0.3, 0.4) is 0 Å². The minimum Gasteiger partial charge on any atom is -0.480 e. The van der Waals surface area contributed by atoms with E-state index < -0.39 is 11.5 Å². The highest BCUT2D eigenvalue weighted by Gasteiger charge is 2.40. The van der Waals surface area contributed by atoms with E-state index in [4.69, 9.17) is 4.74 Å². The van der Waals surface area contributed by atoms with Gasteiger partial charge in [0.25, 0.3) is 0 Å². The van der Waals surface area contributed by atoms with E-state index in [-0.39, 0.29) is 0 Å². The number of hydrogen-bond acceptors (Lipinski definition) is 3. The van der Waals surface area contributed by atoms with Gasteiger partial charge in [0.05, 0.1) is 13.2 Å². The van der Waals surface area contributed by atoms with Crippen molar-refractivity contribution in [3.63, 3.8) is 0 Å². The molecular formula is C14H18BrNO3. The predicted octanol–water partition coefficient (Wildman–Crippen LogP) is 2.17. The van der Waals surface area contributed by atoms with Crippen molar-refractivity contribution in [3.8, 4) is 0 Å². The maximum Gasteiger partial charge on any atom is 0.324 e. The number of benzene rings is 1. The van der Waals surface area contributed by atoms with Gasteiger partial charge in [-0.25, -0.2) is 0 Å². The number of nitrogens with zero attached hydrogens (tertiary/aromatic N) is 1. The highest BCUT2D eigenvalue weighted by molar-refractivity contribution is 9.10. The molecule has 5 heteroatoms. The molecule has 0 aromatic heterocycles. The zero-order chi connectivity index (χ0) is 13.9. The third-order valence-electron chi connectivity index (χ3n) is 3.63. The molecule has 1 aliphatic heterocycles. The van der Waals surface area contributed by atoms with Gasteiger partial charge in [0.2, 0.25) is 0 Å². The van der Waals surface area contributed by atoms with Crippen molar-refractivity contribution in [2.75, 3.05) is 26.3 Å². The molecule has 1 N–H and O–H groups in total. The molecule has 1 aliphatic rings. The number of rotatable bonds is 4. The van der Waals surface area contributed by atoms with E-state index in [2.05, 4.69) is 15.9 Å². The zero-order valence-electron chi connectivity index (χ0n) is 10.9. The smallest absolute Gasteiger partial charge is 0.324 e. The van der Waals surface area contributed by atoms with Gasteiger partial charge in [-0.15, -0.1) is 0 Å². The Bertz CT molecular complexity index is 443. The van der Waals surface area contributed by atoms with Crippen molar-refractivity contribution in [1.29, 1.82) is 0 Å². The standard InChI is InChI=1S/C14H18BrNO3/c1-14(13(17)18,16-6-8-19-9-7-16)10-11-2-4-12(15)5-3-11/h2-5H,6-10H2,1H3,(H,17,18). The third-order valence-corrected chi connectivity index (χ3v) is 4.16. The molecule has 1 atom stereocenters. The van der Waals surface area contributed by atoms with Gasteiger partial charge in [-0.1, -0.05) is 28.1 Å². The van der Waals surface area contributed by atoms with Gasteiger partial charge in [-0.3, -0.25) is 9.69 Å². The second-order valence-corrected chi connectivity index (χ2v) is 5.90.